The molecule has 114 valence electrons. The Morgan fingerprint density at radius 1 is 1.19 bits per heavy atom. The molecule has 2 fully saturated rings. The molecule has 0 heterocycles. The van der Waals surface area contributed by atoms with Crippen LogP contribution >= 0.6 is 15.9 Å². The molecule has 0 bridgehead atoms. The average molecular weight is 351 g/mol. The molecule has 2 N–H and O–H groups in total. The van der Waals surface area contributed by atoms with Crippen LogP contribution in [0.4, 0.5) is 0 Å². The van der Waals surface area contributed by atoms with Gasteiger partial charge in [0.15, 0.2) is 0 Å². The lowest BCUT2D eigenvalue weighted by Gasteiger charge is -2.37. The summed E-state index contributed by atoms with van der Waals surface area (Å²) in [7, 11) is 0. The summed E-state index contributed by atoms with van der Waals surface area (Å²) in [6, 6.07) is 9.62. The lowest BCUT2D eigenvalue weighted by molar-refractivity contribution is -0.121. The largest absolute Gasteiger partial charge is 0.353 e. The Balaban J connectivity index is 1.28. The summed E-state index contributed by atoms with van der Waals surface area (Å²) >= 11 is 3.63. The van der Waals surface area contributed by atoms with Gasteiger partial charge in [0.05, 0.1) is 0 Å². The Hall–Kier alpha value is -0.870. The zero-order valence-corrected chi connectivity index (χ0v) is 13.9. The minimum Gasteiger partial charge on any atom is -0.353 e. The monoisotopic (exact) mass is 350 g/mol. The maximum absolute atomic E-state index is 11.6. The SMILES string of the molecule is O=C(CCCNC1CC(c2ccccc2Br)C1)NC1CC1. The molecule has 2 saturated carbocycles. The first-order chi connectivity index (χ1) is 10.2. The van der Waals surface area contributed by atoms with Gasteiger partial charge in [-0.2, -0.15) is 0 Å². The van der Waals surface area contributed by atoms with Crippen LogP contribution in [-0.4, -0.2) is 24.5 Å². The quantitative estimate of drug-likeness (QED) is 0.740. The predicted molar refractivity (Wildman–Crippen MR) is 88.3 cm³/mol. The van der Waals surface area contributed by atoms with Crippen molar-refractivity contribution in [2.45, 2.75) is 56.5 Å². The lowest BCUT2D eigenvalue weighted by atomic mass is 9.76. The Labute approximate surface area is 135 Å². The van der Waals surface area contributed by atoms with E-state index in [0.29, 0.717) is 24.4 Å². The van der Waals surface area contributed by atoms with Crippen LogP contribution in [0.15, 0.2) is 28.7 Å². The van der Waals surface area contributed by atoms with Gasteiger partial charge in [0.2, 0.25) is 5.91 Å². The number of hydrogen-bond acceptors (Lipinski definition) is 2. The molecule has 4 heteroatoms. The molecular formula is C17H23BrN2O. The highest BCUT2D eigenvalue weighted by atomic mass is 79.9. The summed E-state index contributed by atoms with van der Waals surface area (Å²) in [6.45, 7) is 0.950. The highest BCUT2D eigenvalue weighted by Crippen LogP contribution is 2.39. The van der Waals surface area contributed by atoms with Gasteiger partial charge in [-0.25, -0.2) is 0 Å². The van der Waals surface area contributed by atoms with Crippen molar-refractivity contribution < 1.29 is 4.79 Å². The summed E-state index contributed by atoms with van der Waals surface area (Å²) in [4.78, 5) is 11.6. The van der Waals surface area contributed by atoms with E-state index in [0.717, 1.165) is 13.0 Å². The molecule has 1 amide bonds. The van der Waals surface area contributed by atoms with Crippen molar-refractivity contribution in [2.24, 2.45) is 0 Å². The van der Waals surface area contributed by atoms with Crippen molar-refractivity contribution in [2.75, 3.05) is 6.54 Å². The predicted octanol–water partition coefficient (Wildman–Crippen LogP) is 3.34. The van der Waals surface area contributed by atoms with Crippen LogP contribution in [0.25, 0.3) is 0 Å². The minimum atomic E-state index is 0.221. The van der Waals surface area contributed by atoms with Crippen LogP contribution in [0.5, 0.6) is 0 Å². The van der Waals surface area contributed by atoms with Crippen LogP contribution in [0.2, 0.25) is 0 Å². The summed E-state index contributed by atoms with van der Waals surface area (Å²) in [5.74, 6) is 0.898. The molecule has 0 aromatic heterocycles. The van der Waals surface area contributed by atoms with Crippen molar-refractivity contribution >= 4 is 21.8 Å². The molecule has 2 aliphatic carbocycles. The van der Waals surface area contributed by atoms with Gasteiger partial charge in [-0.1, -0.05) is 34.1 Å². The van der Waals surface area contributed by atoms with E-state index < -0.39 is 0 Å². The van der Waals surface area contributed by atoms with Crippen molar-refractivity contribution in [1.29, 1.82) is 0 Å². The molecular weight excluding hydrogens is 328 g/mol. The molecule has 3 nitrogen and oxygen atoms in total. The smallest absolute Gasteiger partial charge is 0.220 e. The van der Waals surface area contributed by atoms with Crippen molar-refractivity contribution in [3.8, 4) is 0 Å². The summed E-state index contributed by atoms with van der Waals surface area (Å²) < 4.78 is 1.23. The van der Waals surface area contributed by atoms with Crippen LogP contribution in [0.1, 0.15) is 50.0 Å². The number of rotatable bonds is 7. The third-order valence-electron chi connectivity index (χ3n) is 4.44. The van der Waals surface area contributed by atoms with E-state index in [1.165, 1.54) is 35.7 Å². The number of benzene rings is 1. The van der Waals surface area contributed by atoms with Gasteiger partial charge >= 0.3 is 0 Å². The second kappa shape index (κ2) is 6.93. The zero-order chi connectivity index (χ0) is 14.7. The maximum atomic E-state index is 11.6. The molecule has 0 atom stereocenters. The van der Waals surface area contributed by atoms with Crippen LogP contribution < -0.4 is 10.6 Å². The number of hydrogen-bond donors (Lipinski definition) is 2. The number of halogens is 1. The van der Waals surface area contributed by atoms with E-state index in [4.69, 9.17) is 0 Å². The second-order valence-corrected chi connectivity index (χ2v) is 7.14. The molecule has 1 aromatic carbocycles. The topological polar surface area (TPSA) is 41.1 Å². The van der Waals surface area contributed by atoms with Crippen LogP contribution in [-0.2, 0) is 4.79 Å². The van der Waals surface area contributed by atoms with Crippen LogP contribution in [0.3, 0.4) is 0 Å². The molecule has 0 saturated heterocycles. The highest BCUT2D eigenvalue weighted by molar-refractivity contribution is 9.10. The van der Waals surface area contributed by atoms with Gasteiger partial charge in [-0.05, 0) is 56.2 Å². The van der Waals surface area contributed by atoms with Gasteiger partial charge in [0.1, 0.15) is 0 Å². The van der Waals surface area contributed by atoms with E-state index in [-0.39, 0.29) is 5.91 Å². The van der Waals surface area contributed by atoms with Gasteiger partial charge in [-0.15, -0.1) is 0 Å². The number of nitrogens with one attached hydrogen (secondary N) is 2. The van der Waals surface area contributed by atoms with Gasteiger partial charge in [0.25, 0.3) is 0 Å². The van der Waals surface area contributed by atoms with Gasteiger partial charge in [0, 0.05) is 23.0 Å². The molecule has 0 aliphatic heterocycles. The Bertz CT molecular complexity index is 495. The van der Waals surface area contributed by atoms with E-state index in [1.807, 2.05) is 0 Å². The first-order valence-electron chi connectivity index (χ1n) is 7.99. The van der Waals surface area contributed by atoms with Crippen molar-refractivity contribution in [3.63, 3.8) is 0 Å². The zero-order valence-electron chi connectivity index (χ0n) is 12.3. The molecule has 2 aliphatic rings. The Kier molecular flexibility index (Phi) is 4.96. The molecule has 1 aromatic rings. The lowest BCUT2D eigenvalue weighted by Crippen LogP contribution is -2.40. The van der Waals surface area contributed by atoms with E-state index in [1.54, 1.807) is 0 Å². The normalized spacial score (nSPS) is 24.4. The van der Waals surface area contributed by atoms with Crippen molar-refractivity contribution in [1.82, 2.24) is 10.6 Å². The average Bonchev–Trinajstić information content (AvgIpc) is 3.22. The van der Waals surface area contributed by atoms with Crippen LogP contribution in [0, 0.1) is 0 Å². The third kappa shape index (κ3) is 4.30. The van der Waals surface area contributed by atoms with E-state index in [2.05, 4.69) is 50.8 Å². The maximum Gasteiger partial charge on any atom is 0.220 e. The minimum absolute atomic E-state index is 0.221. The van der Waals surface area contributed by atoms with E-state index >= 15 is 0 Å². The van der Waals surface area contributed by atoms with E-state index in [9.17, 15) is 4.79 Å². The second-order valence-electron chi connectivity index (χ2n) is 6.29. The summed E-state index contributed by atoms with van der Waals surface area (Å²) in [5, 5.41) is 6.60. The summed E-state index contributed by atoms with van der Waals surface area (Å²) in [5.41, 5.74) is 1.43. The molecule has 0 radical (unpaired) electrons. The highest BCUT2D eigenvalue weighted by Gasteiger charge is 2.30. The van der Waals surface area contributed by atoms with Gasteiger partial charge < -0.3 is 10.6 Å². The number of amides is 1. The molecule has 3 rings (SSSR count). The molecule has 0 spiro atoms. The number of carbonyl (C=O) groups is 1. The first-order valence-corrected chi connectivity index (χ1v) is 8.79. The third-order valence-corrected chi connectivity index (χ3v) is 5.16. The fourth-order valence-electron chi connectivity index (χ4n) is 2.93. The fourth-order valence-corrected chi connectivity index (χ4v) is 3.54. The first kappa shape index (κ1) is 15.0. The standard InChI is InChI=1S/C17H23BrN2O/c18-16-5-2-1-4-15(16)12-10-14(11-12)19-9-3-6-17(21)20-13-7-8-13/h1-2,4-5,12-14,19H,3,6-11H2,(H,20,21). The molecule has 0 unspecified atom stereocenters. The van der Waals surface area contributed by atoms with Gasteiger partial charge in [-0.3, -0.25) is 4.79 Å². The van der Waals surface area contributed by atoms with Crippen molar-refractivity contribution in [3.05, 3.63) is 34.3 Å². The Morgan fingerprint density at radius 2 is 1.95 bits per heavy atom. The molecule has 21 heavy (non-hydrogen) atoms. The Morgan fingerprint density at radius 3 is 2.67 bits per heavy atom. The fraction of sp³-hybridized carbons (Fsp3) is 0.588. The number of carbonyl (C=O) groups excluding carboxylic acids is 1. The summed E-state index contributed by atoms with van der Waals surface area (Å²) in [6.07, 6.45) is 6.34.